The molecule has 0 aliphatic carbocycles. The third kappa shape index (κ3) is 3.93. The molecule has 0 aromatic heterocycles. The minimum Gasteiger partial charge on any atom is -0.313 e. The molecule has 0 bridgehead atoms. The number of nitrogens with zero attached hydrogens (tertiary/aromatic N) is 4. The number of nitro benzene ring substituents is 1. The second-order valence-corrected chi connectivity index (χ2v) is 3.66. The van der Waals surface area contributed by atoms with Crippen LogP contribution in [-0.4, -0.2) is 28.8 Å². The first-order valence-electron chi connectivity index (χ1n) is 5.54. The molecular formula is C13H10N4O3. The van der Waals surface area contributed by atoms with Gasteiger partial charge in [-0.25, -0.2) is 0 Å². The first-order chi connectivity index (χ1) is 9.60. The van der Waals surface area contributed by atoms with Crippen molar-refractivity contribution in [3.05, 3.63) is 46.0 Å². The monoisotopic (exact) mass is 270 g/mol. The Morgan fingerprint density at radius 2 is 1.90 bits per heavy atom. The van der Waals surface area contributed by atoms with Crippen LogP contribution in [0.1, 0.15) is 5.56 Å². The Bertz CT molecular complexity index is 609. The fraction of sp³-hybridized carbons (Fsp3) is 0.154. The molecule has 0 unspecified atom stereocenters. The minimum absolute atomic E-state index is 0.122. The Labute approximate surface area is 115 Å². The smallest absolute Gasteiger partial charge is 0.276 e. The van der Waals surface area contributed by atoms with Crippen molar-refractivity contribution < 1.29 is 9.72 Å². The van der Waals surface area contributed by atoms with Gasteiger partial charge < -0.3 is 4.90 Å². The molecule has 0 radical (unpaired) electrons. The van der Waals surface area contributed by atoms with Crippen LogP contribution < -0.4 is 0 Å². The van der Waals surface area contributed by atoms with Crippen LogP contribution in [0.3, 0.4) is 0 Å². The SMILES string of the molecule is N#CCN(CC#N)C(=O)C=Cc1ccccc1[N+](=O)[O-]. The Hall–Kier alpha value is -3.19. The van der Waals surface area contributed by atoms with Crippen molar-refractivity contribution in [2.75, 3.05) is 13.1 Å². The molecule has 0 aliphatic heterocycles. The van der Waals surface area contributed by atoms with Gasteiger partial charge in [0.1, 0.15) is 13.1 Å². The lowest BCUT2D eigenvalue weighted by atomic mass is 10.1. The lowest BCUT2D eigenvalue weighted by molar-refractivity contribution is -0.385. The van der Waals surface area contributed by atoms with Crippen molar-refractivity contribution in [1.82, 2.24) is 4.90 Å². The number of amides is 1. The van der Waals surface area contributed by atoms with E-state index in [4.69, 9.17) is 10.5 Å². The van der Waals surface area contributed by atoms with E-state index in [-0.39, 0.29) is 24.3 Å². The molecule has 0 spiro atoms. The first kappa shape index (κ1) is 14.9. The van der Waals surface area contributed by atoms with E-state index in [1.807, 2.05) is 0 Å². The van der Waals surface area contributed by atoms with E-state index in [1.54, 1.807) is 18.2 Å². The predicted molar refractivity (Wildman–Crippen MR) is 69.9 cm³/mol. The highest BCUT2D eigenvalue weighted by atomic mass is 16.6. The largest absolute Gasteiger partial charge is 0.313 e. The molecule has 0 aliphatic rings. The summed E-state index contributed by atoms with van der Waals surface area (Å²) in [6, 6.07) is 9.51. The molecule has 1 aromatic rings. The summed E-state index contributed by atoms with van der Waals surface area (Å²) < 4.78 is 0. The first-order valence-corrected chi connectivity index (χ1v) is 5.54. The summed E-state index contributed by atoms with van der Waals surface area (Å²) in [5.74, 6) is -0.550. The highest BCUT2D eigenvalue weighted by Crippen LogP contribution is 2.18. The van der Waals surface area contributed by atoms with Crippen molar-refractivity contribution in [2.24, 2.45) is 0 Å². The van der Waals surface area contributed by atoms with Gasteiger partial charge in [-0.3, -0.25) is 14.9 Å². The summed E-state index contributed by atoms with van der Waals surface area (Å²) in [4.78, 5) is 23.0. The molecule has 0 heterocycles. The zero-order valence-electron chi connectivity index (χ0n) is 10.4. The molecule has 0 saturated heterocycles. The van der Waals surface area contributed by atoms with Crippen LogP contribution in [-0.2, 0) is 4.79 Å². The van der Waals surface area contributed by atoms with Gasteiger partial charge in [0, 0.05) is 12.1 Å². The Morgan fingerprint density at radius 3 is 2.45 bits per heavy atom. The number of carbonyl (C=O) groups is 1. The maximum absolute atomic E-state index is 11.7. The Morgan fingerprint density at radius 1 is 1.30 bits per heavy atom. The average molecular weight is 270 g/mol. The Balaban J connectivity index is 2.93. The van der Waals surface area contributed by atoms with Crippen LogP contribution in [0.5, 0.6) is 0 Å². The van der Waals surface area contributed by atoms with Crippen molar-refractivity contribution in [3.8, 4) is 12.1 Å². The zero-order chi connectivity index (χ0) is 15.0. The van der Waals surface area contributed by atoms with Crippen LogP contribution >= 0.6 is 0 Å². The molecule has 0 atom stereocenters. The second-order valence-electron chi connectivity index (χ2n) is 3.66. The standard InChI is InChI=1S/C13H10N4O3/c14-7-9-16(10-8-15)13(18)6-5-11-3-1-2-4-12(11)17(19)20/h1-6H,9-10H2. The lowest BCUT2D eigenvalue weighted by Crippen LogP contribution is -2.30. The summed E-state index contributed by atoms with van der Waals surface area (Å²) in [5, 5.41) is 27.9. The fourth-order valence-corrected chi connectivity index (χ4v) is 1.44. The molecule has 1 aromatic carbocycles. The van der Waals surface area contributed by atoms with Crippen LogP contribution in [0.15, 0.2) is 30.3 Å². The molecule has 1 amide bonds. The predicted octanol–water partition coefficient (Wildman–Crippen LogP) is 1.48. The third-order valence-corrected chi connectivity index (χ3v) is 2.37. The van der Waals surface area contributed by atoms with Gasteiger partial charge in [0.2, 0.25) is 5.91 Å². The summed E-state index contributed by atoms with van der Waals surface area (Å²) in [6.07, 6.45) is 2.40. The van der Waals surface area contributed by atoms with E-state index in [9.17, 15) is 14.9 Å². The molecule has 0 saturated carbocycles. The summed E-state index contributed by atoms with van der Waals surface area (Å²) in [5.41, 5.74) is 0.156. The van der Waals surface area contributed by atoms with Gasteiger partial charge in [0.15, 0.2) is 0 Å². The number of hydrogen-bond acceptors (Lipinski definition) is 5. The number of nitriles is 2. The molecule has 0 N–H and O–H groups in total. The zero-order valence-corrected chi connectivity index (χ0v) is 10.4. The average Bonchev–Trinajstić information content (AvgIpc) is 2.44. The topological polar surface area (TPSA) is 111 Å². The van der Waals surface area contributed by atoms with Crippen molar-refractivity contribution in [3.63, 3.8) is 0 Å². The Kier molecular flexibility index (Phi) is 5.42. The normalized spacial score (nSPS) is 9.70. The van der Waals surface area contributed by atoms with Gasteiger partial charge in [0.05, 0.1) is 22.6 Å². The van der Waals surface area contributed by atoms with Crippen LogP contribution in [0.25, 0.3) is 6.08 Å². The van der Waals surface area contributed by atoms with E-state index in [0.29, 0.717) is 0 Å². The van der Waals surface area contributed by atoms with Crippen LogP contribution in [0.4, 0.5) is 5.69 Å². The number of nitro groups is 1. The second kappa shape index (κ2) is 7.29. The molecule has 100 valence electrons. The van der Waals surface area contributed by atoms with Crippen molar-refractivity contribution in [2.45, 2.75) is 0 Å². The fourth-order valence-electron chi connectivity index (χ4n) is 1.44. The van der Waals surface area contributed by atoms with Gasteiger partial charge in [-0.2, -0.15) is 10.5 Å². The minimum atomic E-state index is -0.550. The number of benzene rings is 1. The highest BCUT2D eigenvalue weighted by Gasteiger charge is 2.12. The van der Waals surface area contributed by atoms with E-state index in [0.717, 1.165) is 11.0 Å². The van der Waals surface area contributed by atoms with E-state index in [1.165, 1.54) is 24.3 Å². The summed E-state index contributed by atoms with van der Waals surface area (Å²) >= 11 is 0. The van der Waals surface area contributed by atoms with Gasteiger partial charge in [-0.05, 0) is 12.1 Å². The van der Waals surface area contributed by atoms with E-state index in [2.05, 4.69) is 0 Å². The van der Waals surface area contributed by atoms with Crippen LogP contribution in [0, 0.1) is 32.8 Å². The van der Waals surface area contributed by atoms with Crippen LogP contribution in [0.2, 0.25) is 0 Å². The third-order valence-electron chi connectivity index (χ3n) is 2.37. The quantitative estimate of drug-likeness (QED) is 0.348. The van der Waals surface area contributed by atoms with Gasteiger partial charge >= 0.3 is 0 Å². The van der Waals surface area contributed by atoms with E-state index >= 15 is 0 Å². The number of rotatable bonds is 5. The van der Waals surface area contributed by atoms with Crippen molar-refractivity contribution in [1.29, 1.82) is 10.5 Å². The van der Waals surface area contributed by atoms with Gasteiger partial charge in [0.25, 0.3) is 5.69 Å². The molecular weight excluding hydrogens is 260 g/mol. The molecule has 1 rings (SSSR count). The number of hydrogen-bond donors (Lipinski definition) is 0. The molecule has 7 heteroatoms. The molecule has 20 heavy (non-hydrogen) atoms. The summed E-state index contributed by atoms with van der Waals surface area (Å²) in [6.45, 7) is -0.429. The maximum atomic E-state index is 11.7. The van der Waals surface area contributed by atoms with Crippen molar-refractivity contribution >= 4 is 17.7 Å². The highest BCUT2D eigenvalue weighted by molar-refractivity contribution is 5.92. The van der Waals surface area contributed by atoms with Gasteiger partial charge in [-0.15, -0.1) is 0 Å². The number of carbonyl (C=O) groups excluding carboxylic acids is 1. The van der Waals surface area contributed by atoms with Gasteiger partial charge in [-0.1, -0.05) is 12.1 Å². The maximum Gasteiger partial charge on any atom is 0.276 e. The number of para-hydroxylation sites is 1. The van der Waals surface area contributed by atoms with E-state index < -0.39 is 10.8 Å². The molecule has 0 fully saturated rings. The molecule has 7 nitrogen and oxygen atoms in total. The lowest BCUT2D eigenvalue weighted by Gasteiger charge is -2.12. The summed E-state index contributed by atoms with van der Waals surface area (Å²) in [7, 11) is 0.